The van der Waals surface area contributed by atoms with E-state index in [0.29, 0.717) is 42.9 Å². The van der Waals surface area contributed by atoms with Crippen LogP contribution in [0.25, 0.3) is 0 Å². The second kappa shape index (κ2) is 9.05. The average molecular weight is 448 g/mol. The zero-order valence-corrected chi connectivity index (χ0v) is 18.9. The predicted octanol–water partition coefficient (Wildman–Crippen LogP) is 5.35. The first-order valence-electron chi connectivity index (χ1n) is 12.1. The van der Waals surface area contributed by atoms with Crippen molar-refractivity contribution in [2.45, 2.75) is 50.5 Å². The third kappa shape index (κ3) is 4.06. The van der Waals surface area contributed by atoms with Gasteiger partial charge < -0.3 is 14.5 Å². The topological polar surface area (TPSA) is 56.6 Å². The van der Waals surface area contributed by atoms with Gasteiger partial charge in [-0.1, -0.05) is 24.6 Å². The van der Waals surface area contributed by atoms with Crippen LogP contribution in [-0.4, -0.2) is 37.6 Å². The lowest BCUT2D eigenvalue weighted by Crippen LogP contribution is -2.52. The van der Waals surface area contributed by atoms with Crippen molar-refractivity contribution in [2.75, 3.05) is 36.0 Å². The molecule has 0 N–H and O–H groups in total. The van der Waals surface area contributed by atoms with Crippen LogP contribution < -0.4 is 14.5 Å². The molecule has 5 rings (SSSR count). The molecule has 0 amide bonds. The number of para-hydroxylation sites is 1. The van der Waals surface area contributed by atoms with E-state index in [2.05, 4.69) is 28.0 Å². The maximum Gasteiger partial charge on any atom is 0.173 e. The van der Waals surface area contributed by atoms with E-state index in [-0.39, 0.29) is 17.5 Å². The first-order valence-corrected chi connectivity index (χ1v) is 12.1. The smallest absolute Gasteiger partial charge is 0.173 e. The van der Waals surface area contributed by atoms with Gasteiger partial charge in [0.25, 0.3) is 0 Å². The summed E-state index contributed by atoms with van der Waals surface area (Å²) in [6.07, 6.45) is 5.58. The van der Waals surface area contributed by atoms with Gasteiger partial charge in [-0.15, -0.1) is 0 Å². The lowest BCUT2D eigenvalue weighted by atomic mass is 9.69. The standard InChI is InChI=1S/C27H30FN3O2/c28-23-18-21-25(33-27(11-5-2-6-12-27)22(26(21)32)10-7-13-29)19-24(23)31-16-14-30(15-17-31)20-8-3-1-4-9-20/h1,3-4,8-9,18-19,22H,2,5-7,10-12,14-17H2. The molecule has 1 unspecified atom stereocenters. The lowest BCUT2D eigenvalue weighted by Gasteiger charge is -2.46. The second-order valence-electron chi connectivity index (χ2n) is 9.45. The summed E-state index contributed by atoms with van der Waals surface area (Å²) in [5, 5.41) is 9.11. The van der Waals surface area contributed by atoms with Gasteiger partial charge in [0.1, 0.15) is 17.2 Å². The summed E-state index contributed by atoms with van der Waals surface area (Å²) in [6.45, 7) is 3.02. The number of anilines is 2. The molecule has 1 aliphatic carbocycles. The van der Waals surface area contributed by atoms with E-state index in [0.717, 1.165) is 45.2 Å². The van der Waals surface area contributed by atoms with Gasteiger partial charge in [-0.2, -0.15) is 5.26 Å². The Balaban J connectivity index is 1.40. The molecule has 1 saturated heterocycles. The monoisotopic (exact) mass is 447 g/mol. The Hall–Kier alpha value is -3.07. The first kappa shape index (κ1) is 21.8. The SMILES string of the molecule is N#CCCC1C(=O)c2cc(F)c(N3CCN(c4ccccc4)CC3)cc2OC12CCCCC2. The van der Waals surface area contributed by atoms with Gasteiger partial charge in [0.15, 0.2) is 5.78 Å². The molecule has 1 atom stereocenters. The zero-order valence-electron chi connectivity index (χ0n) is 18.9. The fourth-order valence-electron chi connectivity index (χ4n) is 5.83. The molecule has 6 heteroatoms. The van der Waals surface area contributed by atoms with Crippen LogP contribution >= 0.6 is 0 Å². The van der Waals surface area contributed by atoms with E-state index in [1.165, 1.54) is 11.8 Å². The number of piperazine rings is 1. The normalized spacial score (nSPS) is 21.9. The van der Waals surface area contributed by atoms with Crippen LogP contribution in [0.4, 0.5) is 15.8 Å². The largest absolute Gasteiger partial charge is 0.486 e. The number of ketones is 1. The van der Waals surface area contributed by atoms with E-state index >= 15 is 4.39 Å². The first-order chi connectivity index (χ1) is 16.1. The Morgan fingerprint density at radius 1 is 1.03 bits per heavy atom. The van der Waals surface area contributed by atoms with E-state index < -0.39 is 5.60 Å². The van der Waals surface area contributed by atoms with Crippen molar-refractivity contribution in [3.63, 3.8) is 0 Å². The fourth-order valence-corrected chi connectivity index (χ4v) is 5.83. The number of benzene rings is 2. The molecule has 2 aromatic rings. The Morgan fingerprint density at radius 3 is 2.42 bits per heavy atom. The zero-order chi connectivity index (χ0) is 22.8. The summed E-state index contributed by atoms with van der Waals surface area (Å²) in [5.74, 6) is -0.299. The summed E-state index contributed by atoms with van der Waals surface area (Å²) >= 11 is 0. The molecule has 0 radical (unpaired) electrons. The number of fused-ring (bicyclic) bond motifs is 1. The molecule has 2 aromatic carbocycles. The third-order valence-electron chi connectivity index (χ3n) is 7.57. The van der Waals surface area contributed by atoms with Gasteiger partial charge in [-0.3, -0.25) is 4.79 Å². The van der Waals surface area contributed by atoms with Gasteiger partial charge >= 0.3 is 0 Å². The number of halogens is 1. The Kier molecular flexibility index (Phi) is 5.97. The molecule has 0 aromatic heterocycles. The van der Waals surface area contributed by atoms with Crippen LogP contribution in [-0.2, 0) is 0 Å². The molecule has 172 valence electrons. The number of hydrogen-bond donors (Lipinski definition) is 0. The molecule has 1 spiro atoms. The molecule has 2 heterocycles. The summed E-state index contributed by atoms with van der Waals surface area (Å²) in [5.41, 5.74) is 1.47. The van der Waals surface area contributed by atoms with Gasteiger partial charge in [-0.05, 0) is 50.3 Å². The molecule has 2 fully saturated rings. The highest BCUT2D eigenvalue weighted by atomic mass is 19.1. The number of carbonyl (C=O) groups excluding carboxylic acids is 1. The fraction of sp³-hybridized carbons (Fsp3) is 0.481. The molecule has 5 nitrogen and oxygen atoms in total. The number of ether oxygens (including phenoxy) is 1. The molecule has 3 aliphatic rings. The Labute approximate surface area is 194 Å². The number of Topliss-reactive ketones (excluding diaryl/α,β-unsaturated/α-hetero) is 1. The van der Waals surface area contributed by atoms with Crippen LogP contribution in [0.5, 0.6) is 5.75 Å². The van der Waals surface area contributed by atoms with Crippen molar-refractivity contribution in [2.24, 2.45) is 5.92 Å². The average Bonchev–Trinajstić information content (AvgIpc) is 2.85. The van der Waals surface area contributed by atoms with Crippen LogP contribution in [0, 0.1) is 23.1 Å². The molecule has 0 bridgehead atoms. The highest BCUT2D eigenvalue weighted by Gasteiger charge is 2.50. The molecule has 33 heavy (non-hydrogen) atoms. The number of nitriles is 1. The number of carbonyl (C=O) groups is 1. The number of rotatable bonds is 4. The van der Waals surface area contributed by atoms with Gasteiger partial charge in [0, 0.05) is 44.4 Å². The highest BCUT2D eigenvalue weighted by molar-refractivity contribution is 6.02. The summed E-state index contributed by atoms with van der Waals surface area (Å²) in [4.78, 5) is 17.8. The van der Waals surface area contributed by atoms with E-state index in [1.807, 2.05) is 18.2 Å². The highest BCUT2D eigenvalue weighted by Crippen LogP contribution is 2.48. The van der Waals surface area contributed by atoms with Crippen LogP contribution in [0.3, 0.4) is 0 Å². The minimum atomic E-state index is -0.555. The van der Waals surface area contributed by atoms with Crippen molar-refractivity contribution in [1.29, 1.82) is 5.26 Å². The number of nitrogens with zero attached hydrogens (tertiary/aromatic N) is 3. The molecular weight excluding hydrogens is 417 g/mol. The second-order valence-corrected chi connectivity index (χ2v) is 9.45. The van der Waals surface area contributed by atoms with Crippen LogP contribution in [0.2, 0.25) is 0 Å². The van der Waals surface area contributed by atoms with Crippen LogP contribution in [0.15, 0.2) is 42.5 Å². The van der Waals surface area contributed by atoms with E-state index in [9.17, 15) is 4.79 Å². The van der Waals surface area contributed by atoms with Crippen LogP contribution in [0.1, 0.15) is 55.3 Å². The van der Waals surface area contributed by atoms with Crippen molar-refractivity contribution in [3.05, 3.63) is 53.8 Å². The van der Waals surface area contributed by atoms with E-state index in [1.54, 1.807) is 6.07 Å². The van der Waals surface area contributed by atoms with Crippen molar-refractivity contribution in [3.8, 4) is 11.8 Å². The van der Waals surface area contributed by atoms with Gasteiger partial charge in [-0.25, -0.2) is 4.39 Å². The van der Waals surface area contributed by atoms with Gasteiger partial charge in [0.05, 0.1) is 23.2 Å². The molecule has 1 saturated carbocycles. The maximum atomic E-state index is 15.3. The molecule has 2 aliphatic heterocycles. The predicted molar refractivity (Wildman–Crippen MR) is 126 cm³/mol. The minimum Gasteiger partial charge on any atom is -0.486 e. The van der Waals surface area contributed by atoms with Crippen molar-refractivity contribution in [1.82, 2.24) is 0 Å². The van der Waals surface area contributed by atoms with Gasteiger partial charge in [0.2, 0.25) is 0 Å². The Morgan fingerprint density at radius 2 is 1.73 bits per heavy atom. The minimum absolute atomic E-state index is 0.0623. The van der Waals surface area contributed by atoms with Crippen molar-refractivity contribution < 1.29 is 13.9 Å². The Bertz CT molecular complexity index is 1050. The molecular formula is C27H30FN3O2. The summed E-state index contributed by atoms with van der Waals surface area (Å²) in [6, 6.07) is 15.5. The third-order valence-corrected chi connectivity index (χ3v) is 7.57. The summed E-state index contributed by atoms with van der Waals surface area (Å²) in [7, 11) is 0. The summed E-state index contributed by atoms with van der Waals surface area (Å²) < 4.78 is 21.8. The number of hydrogen-bond acceptors (Lipinski definition) is 5. The van der Waals surface area contributed by atoms with Crippen molar-refractivity contribution >= 4 is 17.2 Å². The lowest BCUT2D eigenvalue weighted by molar-refractivity contribution is -0.0279. The van der Waals surface area contributed by atoms with E-state index in [4.69, 9.17) is 10.00 Å². The maximum absolute atomic E-state index is 15.3. The quantitative estimate of drug-likeness (QED) is 0.632.